The molecule has 1 N–H and O–H groups in total. The molecule has 0 saturated heterocycles. The van der Waals surface area contributed by atoms with Gasteiger partial charge in [0.1, 0.15) is 0 Å². The standard InChI is InChI=1S/C14H15BrFNO/c1-14(2)11(18)6-9-8(7-3-4-7)5-10(15)12(16)13(9)17-14/h5,7,17H,3-4,6H2,1-2H3. The number of hydrogen-bond acceptors (Lipinski definition) is 2. The van der Waals surface area contributed by atoms with Crippen LogP contribution >= 0.6 is 15.9 Å². The highest BCUT2D eigenvalue weighted by Crippen LogP contribution is 2.47. The zero-order valence-corrected chi connectivity index (χ0v) is 12.0. The summed E-state index contributed by atoms with van der Waals surface area (Å²) < 4.78 is 14.7. The first kappa shape index (κ1) is 12.2. The lowest BCUT2D eigenvalue weighted by Crippen LogP contribution is -2.45. The van der Waals surface area contributed by atoms with Gasteiger partial charge in [-0.05, 0) is 65.7 Å². The summed E-state index contributed by atoms with van der Waals surface area (Å²) in [7, 11) is 0. The fourth-order valence-electron chi connectivity index (χ4n) is 2.53. The van der Waals surface area contributed by atoms with Crippen LogP contribution in [0.3, 0.4) is 0 Å². The van der Waals surface area contributed by atoms with Crippen LogP contribution in [0.2, 0.25) is 0 Å². The summed E-state index contributed by atoms with van der Waals surface area (Å²) in [4.78, 5) is 12.1. The predicted octanol–water partition coefficient (Wildman–Crippen LogP) is 3.78. The third-order valence-corrected chi connectivity index (χ3v) is 4.43. The quantitative estimate of drug-likeness (QED) is 0.855. The summed E-state index contributed by atoms with van der Waals surface area (Å²) >= 11 is 3.27. The molecule has 18 heavy (non-hydrogen) atoms. The zero-order chi connectivity index (χ0) is 13.1. The average Bonchev–Trinajstić information content (AvgIpc) is 3.10. The van der Waals surface area contributed by atoms with Crippen molar-refractivity contribution in [3.63, 3.8) is 0 Å². The van der Waals surface area contributed by atoms with E-state index in [0.717, 1.165) is 24.0 Å². The Bertz CT molecular complexity index is 549. The van der Waals surface area contributed by atoms with Crippen LogP contribution in [0.5, 0.6) is 0 Å². The van der Waals surface area contributed by atoms with E-state index in [2.05, 4.69) is 21.2 Å². The Morgan fingerprint density at radius 3 is 2.72 bits per heavy atom. The maximum Gasteiger partial charge on any atom is 0.162 e. The van der Waals surface area contributed by atoms with Gasteiger partial charge in [0.05, 0.1) is 15.7 Å². The molecule has 1 aliphatic carbocycles. The number of Topliss-reactive ketones (excluding diaryl/α,β-unsaturated/α-hetero) is 1. The number of fused-ring (bicyclic) bond motifs is 1. The molecule has 0 bridgehead atoms. The summed E-state index contributed by atoms with van der Waals surface area (Å²) in [6.45, 7) is 3.60. The van der Waals surface area contributed by atoms with Gasteiger partial charge in [-0.2, -0.15) is 0 Å². The van der Waals surface area contributed by atoms with Gasteiger partial charge < -0.3 is 5.32 Å². The van der Waals surface area contributed by atoms with Crippen LogP contribution in [0.15, 0.2) is 10.5 Å². The molecule has 1 heterocycles. The van der Waals surface area contributed by atoms with Crippen molar-refractivity contribution in [2.45, 2.75) is 44.6 Å². The lowest BCUT2D eigenvalue weighted by molar-refractivity contribution is -0.122. The SMILES string of the molecule is CC1(C)Nc2c(F)c(Br)cc(C3CC3)c2CC1=O. The lowest BCUT2D eigenvalue weighted by atomic mass is 9.85. The predicted molar refractivity (Wildman–Crippen MR) is 72.5 cm³/mol. The van der Waals surface area contributed by atoms with Gasteiger partial charge in [-0.3, -0.25) is 4.79 Å². The van der Waals surface area contributed by atoms with Gasteiger partial charge in [0, 0.05) is 6.42 Å². The molecule has 0 amide bonds. The Hall–Kier alpha value is -0.900. The minimum Gasteiger partial charge on any atom is -0.371 e. The molecule has 2 aliphatic rings. The van der Waals surface area contributed by atoms with Crippen molar-refractivity contribution in [3.05, 3.63) is 27.5 Å². The van der Waals surface area contributed by atoms with Crippen molar-refractivity contribution in [1.82, 2.24) is 0 Å². The summed E-state index contributed by atoms with van der Waals surface area (Å²) in [5.74, 6) is 0.347. The van der Waals surface area contributed by atoms with Crippen LogP contribution in [0.4, 0.5) is 10.1 Å². The molecule has 1 aromatic carbocycles. The molecule has 0 unspecified atom stereocenters. The van der Waals surface area contributed by atoms with Crippen molar-refractivity contribution in [3.8, 4) is 0 Å². The number of anilines is 1. The van der Waals surface area contributed by atoms with Crippen LogP contribution < -0.4 is 5.32 Å². The average molecular weight is 312 g/mol. The minimum atomic E-state index is -0.685. The Labute approximate surface area is 114 Å². The molecule has 0 atom stereocenters. The number of ketones is 1. The molecule has 96 valence electrons. The van der Waals surface area contributed by atoms with E-state index in [1.807, 2.05) is 6.07 Å². The van der Waals surface area contributed by atoms with Gasteiger partial charge in [-0.1, -0.05) is 0 Å². The smallest absolute Gasteiger partial charge is 0.162 e. The van der Waals surface area contributed by atoms with E-state index in [9.17, 15) is 9.18 Å². The minimum absolute atomic E-state index is 0.124. The maximum atomic E-state index is 14.2. The van der Waals surface area contributed by atoms with Gasteiger partial charge in [0.2, 0.25) is 0 Å². The van der Waals surface area contributed by atoms with E-state index in [-0.39, 0.29) is 11.6 Å². The van der Waals surface area contributed by atoms with E-state index < -0.39 is 5.54 Å². The number of carbonyl (C=O) groups excluding carboxylic acids is 1. The number of halogens is 2. The molecule has 0 radical (unpaired) electrons. The molecule has 1 fully saturated rings. The van der Waals surface area contributed by atoms with E-state index in [4.69, 9.17) is 0 Å². The van der Waals surface area contributed by atoms with Gasteiger partial charge in [-0.15, -0.1) is 0 Å². The second-order valence-electron chi connectivity index (χ2n) is 5.74. The lowest BCUT2D eigenvalue weighted by Gasteiger charge is -2.34. The molecule has 1 aliphatic heterocycles. The fraction of sp³-hybridized carbons (Fsp3) is 0.500. The second-order valence-corrected chi connectivity index (χ2v) is 6.59. The van der Waals surface area contributed by atoms with Crippen LogP contribution in [0.1, 0.15) is 43.7 Å². The molecule has 1 aromatic rings. The first-order valence-corrected chi connectivity index (χ1v) is 7.01. The molecule has 0 aromatic heterocycles. The van der Waals surface area contributed by atoms with Crippen LogP contribution in [-0.4, -0.2) is 11.3 Å². The Morgan fingerprint density at radius 2 is 2.11 bits per heavy atom. The largest absolute Gasteiger partial charge is 0.371 e. The molecular weight excluding hydrogens is 297 g/mol. The van der Waals surface area contributed by atoms with Gasteiger partial charge in [0.25, 0.3) is 0 Å². The number of carbonyl (C=O) groups is 1. The number of benzene rings is 1. The van der Waals surface area contributed by atoms with E-state index in [1.165, 1.54) is 0 Å². The summed E-state index contributed by atoms with van der Waals surface area (Å²) in [6, 6.07) is 1.85. The zero-order valence-electron chi connectivity index (χ0n) is 10.4. The molecule has 4 heteroatoms. The Kier molecular flexibility index (Phi) is 2.56. The highest BCUT2D eigenvalue weighted by atomic mass is 79.9. The Balaban J connectivity index is 2.19. The molecule has 3 rings (SSSR count). The normalized spacial score (nSPS) is 21.4. The summed E-state index contributed by atoms with van der Waals surface area (Å²) in [6.07, 6.45) is 2.62. The van der Waals surface area contributed by atoms with Crippen molar-refractivity contribution >= 4 is 27.4 Å². The molecular formula is C14H15BrFNO. The summed E-state index contributed by atoms with van der Waals surface area (Å²) in [5.41, 5.74) is 1.82. The fourth-order valence-corrected chi connectivity index (χ4v) is 2.97. The first-order chi connectivity index (χ1) is 8.40. The van der Waals surface area contributed by atoms with Crippen molar-refractivity contribution in [2.24, 2.45) is 0 Å². The third kappa shape index (κ3) is 1.78. The van der Waals surface area contributed by atoms with E-state index >= 15 is 0 Å². The second kappa shape index (κ2) is 3.80. The van der Waals surface area contributed by atoms with Crippen molar-refractivity contribution in [2.75, 3.05) is 5.32 Å². The number of nitrogens with one attached hydrogen (secondary N) is 1. The van der Waals surface area contributed by atoms with Gasteiger partial charge in [-0.25, -0.2) is 4.39 Å². The van der Waals surface area contributed by atoms with Crippen LogP contribution in [0, 0.1) is 5.82 Å². The highest BCUT2D eigenvalue weighted by Gasteiger charge is 2.38. The number of rotatable bonds is 1. The summed E-state index contributed by atoms with van der Waals surface area (Å²) in [5, 5.41) is 3.06. The maximum absolute atomic E-state index is 14.2. The van der Waals surface area contributed by atoms with E-state index in [0.29, 0.717) is 22.5 Å². The number of hydrogen-bond donors (Lipinski definition) is 1. The monoisotopic (exact) mass is 311 g/mol. The van der Waals surface area contributed by atoms with Crippen molar-refractivity contribution < 1.29 is 9.18 Å². The Morgan fingerprint density at radius 1 is 1.44 bits per heavy atom. The topological polar surface area (TPSA) is 29.1 Å². The highest BCUT2D eigenvalue weighted by molar-refractivity contribution is 9.10. The third-order valence-electron chi connectivity index (χ3n) is 3.85. The molecule has 2 nitrogen and oxygen atoms in total. The molecule has 1 saturated carbocycles. The first-order valence-electron chi connectivity index (χ1n) is 6.22. The van der Waals surface area contributed by atoms with E-state index in [1.54, 1.807) is 13.8 Å². The van der Waals surface area contributed by atoms with Crippen LogP contribution in [-0.2, 0) is 11.2 Å². The van der Waals surface area contributed by atoms with Crippen LogP contribution in [0.25, 0.3) is 0 Å². The van der Waals surface area contributed by atoms with Crippen molar-refractivity contribution in [1.29, 1.82) is 0 Å². The van der Waals surface area contributed by atoms with Gasteiger partial charge >= 0.3 is 0 Å². The van der Waals surface area contributed by atoms with Gasteiger partial charge in [0.15, 0.2) is 11.6 Å². The molecule has 0 spiro atoms.